The average molecular weight is 255 g/mol. The molecule has 0 unspecified atom stereocenters. The maximum Gasteiger partial charge on any atom is 0.161 e. The molecule has 0 aliphatic heterocycles. The van der Waals surface area contributed by atoms with Crippen LogP contribution in [0.15, 0.2) is 41.4 Å². The highest BCUT2D eigenvalue weighted by molar-refractivity contribution is 5.83. The van der Waals surface area contributed by atoms with Gasteiger partial charge < -0.3 is 9.84 Å². The molecule has 0 aliphatic carbocycles. The molecule has 0 saturated heterocycles. The summed E-state index contributed by atoms with van der Waals surface area (Å²) in [6.45, 7) is 4.10. The lowest BCUT2D eigenvalue weighted by molar-refractivity contribution is 0.373. The van der Waals surface area contributed by atoms with Crippen LogP contribution >= 0.6 is 0 Å². The smallest absolute Gasteiger partial charge is 0.161 e. The summed E-state index contributed by atoms with van der Waals surface area (Å²) in [6, 6.07) is 11.3. The summed E-state index contributed by atoms with van der Waals surface area (Å²) in [5.41, 5.74) is 4.19. The van der Waals surface area contributed by atoms with Crippen molar-refractivity contribution in [3.05, 3.63) is 53.1 Å². The first-order valence-corrected chi connectivity index (χ1v) is 6.08. The zero-order valence-corrected chi connectivity index (χ0v) is 11.3. The maximum absolute atomic E-state index is 9.53. The molecule has 0 fully saturated rings. The van der Waals surface area contributed by atoms with Gasteiger partial charge in [0.15, 0.2) is 11.5 Å². The number of phenols is 1. The Balaban J connectivity index is 2.27. The number of aromatic hydroxyl groups is 1. The highest BCUT2D eigenvalue weighted by Gasteiger charge is 2.01. The summed E-state index contributed by atoms with van der Waals surface area (Å²) in [5.74, 6) is 0.579. The van der Waals surface area contributed by atoms with Crippen LogP contribution in [0.5, 0.6) is 11.5 Å². The molecule has 0 radical (unpaired) electrons. The van der Waals surface area contributed by atoms with Crippen LogP contribution in [0.1, 0.15) is 16.7 Å². The summed E-state index contributed by atoms with van der Waals surface area (Å²) < 4.78 is 5.07. The molecule has 0 amide bonds. The molecule has 0 atom stereocenters. The number of hydrogen-bond acceptors (Lipinski definition) is 3. The van der Waals surface area contributed by atoms with Gasteiger partial charge in [0.1, 0.15) is 0 Å². The molecular formula is C16H17NO2. The lowest BCUT2D eigenvalue weighted by Gasteiger charge is -2.04. The Labute approximate surface area is 113 Å². The molecular weight excluding hydrogens is 238 g/mol. The predicted octanol–water partition coefficient (Wildman–Crippen LogP) is 3.77. The van der Waals surface area contributed by atoms with Gasteiger partial charge in [-0.2, -0.15) is 0 Å². The van der Waals surface area contributed by atoms with Crippen LogP contribution in [0.3, 0.4) is 0 Å². The van der Waals surface area contributed by atoms with E-state index in [9.17, 15) is 5.11 Å². The van der Waals surface area contributed by atoms with Gasteiger partial charge in [-0.3, -0.25) is 4.99 Å². The number of aryl methyl sites for hydroxylation is 2. The monoisotopic (exact) mass is 255 g/mol. The molecule has 0 aliphatic rings. The van der Waals surface area contributed by atoms with Crippen LogP contribution in [0, 0.1) is 13.8 Å². The van der Waals surface area contributed by atoms with Crippen molar-refractivity contribution in [2.75, 3.05) is 7.11 Å². The zero-order chi connectivity index (χ0) is 13.8. The minimum absolute atomic E-state index is 0.131. The van der Waals surface area contributed by atoms with E-state index in [0.717, 1.165) is 16.8 Å². The largest absolute Gasteiger partial charge is 0.504 e. The Morgan fingerprint density at radius 3 is 2.58 bits per heavy atom. The first kappa shape index (κ1) is 13.1. The fraction of sp³-hybridized carbons (Fsp3) is 0.188. The Kier molecular flexibility index (Phi) is 3.85. The van der Waals surface area contributed by atoms with Crippen molar-refractivity contribution >= 4 is 11.9 Å². The molecule has 0 heterocycles. The molecule has 3 nitrogen and oxygen atoms in total. The van der Waals surface area contributed by atoms with E-state index in [1.165, 1.54) is 12.7 Å². The molecule has 0 aromatic heterocycles. The van der Waals surface area contributed by atoms with E-state index < -0.39 is 0 Å². The highest BCUT2D eigenvalue weighted by atomic mass is 16.5. The van der Waals surface area contributed by atoms with E-state index in [-0.39, 0.29) is 5.75 Å². The SMILES string of the molecule is COc1cc(C=Nc2ccc(C)cc2C)ccc1O. The first-order chi connectivity index (χ1) is 9.10. The van der Waals surface area contributed by atoms with Crippen molar-refractivity contribution in [2.24, 2.45) is 4.99 Å². The van der Waals surface area contributed by atoms with Gasteiger partial charge in [0, 0.05) is 6.21 Å². The fourth-order valence-electron chi connectivity index (χ4n) is 1.87. The topological polar surface area (TPSA) is 41.8 Å². The summed E-state index contributed by atoms with van der Waals surface area (Å²) in [5, 5.41) is 9.53. The van der Waals surface area contributed by atoms with E-state index >= 15 is 0 Å². The van der Waals surface area contributed by atoms with Crippen LogP contribution < -0.4 is 4.74 Å². The molecule has 2 aromatic rings. The standard InChI is InChI=1S/C16H17NO2/c1-11-4-6-14(12(2)8-11)17-10-13-5-7-15(18)16(9-13)19-3/h4-10,18H,1-3H3. The van der Waals surface area contributed by atoms with Gasteiger partial charge in [-0.05, 0) is 49.2 Å². The Morgan fingerprint density at radius 1 is 1.11 bits per heavy atom. The number of nitrogens with zero attached hydrogens (tertiary/aromatic N) is 1. The lowest BCUT2D eigenvalue weighted by atomic mass is 10.1. The maximum atomic E-state index is 9.53. The third-order valence-corrected chi connectivity index (χ3v) is 2.91. The molecule has 0 saturated carbocycles. The Hall–Kier alpha value is -2.29. The molecule has 19 heavy (non-hydrogen) atoms. The number of rotatable bonds is 3. The van der Waals surface area contributed by atoms with Gasteiger partial charge in [0.05, 0.1) is 12.8 Å². The molecule has 98 valence electrons. The summed E-state index contributed by atoms with van der Waals surface area (Å²) in [6.07, 6.45) is 1.76. The summed E-state index contributed by atoms with van der Waals surface area (Å²) in [7, 11) is 1.53. The normalized spacial score (nSPS) is 10.9. The number of methoxy groups -OCH3 is 1. The van der Waals surface area contributed by atoms with Gasteiger partial charge in [0.25, 0.3) is 0 Å². The second-order valence-corrected chi connectivity index (χ2v) is 4.48. The summed E-state index contributed by atoms with van der Waals surface area (Å²) in [4.78, 5) is 4.46. The number of aliphatic imine (C=N–C) groups is 1. The van der Waals surface area contributed by atoms with Crippen molar-refractivity contribution < 1.29 is 9.84 Å². The molecule has 1 N–H and O–H groups in total. The van der Waals surface area contributed by atoms with Crippen LogP contribution in [0.25, 0.3) is 0 Å². The van der Waals surface area contributed by atoms with Gasteiger partial charge in [-0.15, -0.1) is 0 Å². The van der Waals surface area contributed by atoms with Gasteiger partial charge in [0.2, 0.25) is 0 Å². The minimum atomic E-state index is 0.131. The van der Waals surface area contributed by atoms with Gasteiger partial charge in [-0.25, -0.2) is 0 Å². The second-order valence-electron chi connectivity index (χ2n) is 4.48. The molecule has 3 heteroatoms. The third kappa shape index (κ3) is 3.13. The number of hydrogen-bond donors (Lipinski definition) is 1. The minimum Gasteiger partial charge on any atom is -0.504 e. The molecule has 0 bridgehead atoms. The zero-order valence-electron chi connectivity index (χ0n) is 11.3. The predicted molar refractivity (Wildman–Crippen MR) is 77.8 cm³/mol. The Bertz CT molecular complexity index is 618. The first-order valence-electron chi connectivity index (χ1n) is 6.08. The van der Waals surface area contributed by atoms with Crippen molar-refractivity contribution in [2.45, 2.75) is 13.8 Å². The Morgan fingerprint density at radius 2 is 1.89 bits per heavy atom. The van der Waals surface area contributed by atoms with E-state index in [2.05, 4.69) is 18.0 Å². The number of ether oxygens (including phenoxy) is 1. The van der Waals surface area contributed by atoms with Crippen LogP contribution in [0.2, 0.25) is 0 Å². The van der Waals surface area contributed by atoms with Crippen molar-refractivity contribution in [3.63, 3.8) is 0 Å². The van der Waals surface area contributed by atoms with Crippen LogP contribution in [-0.2, 0) is 0 Å². The lowest BCUT2D eigenvalue weighted by Crippen LogP contribution is -1.87. The van der Waals surface area contributed by atoms with E-state index in [4.69, 9.17) is 4.74 Å². The van der Waals surface area contributed by atoms with Crippen molar-refractivity contribution in [1.29, 1.82) is 0 Å². The number of benzene rings is 2. The second kappa shape index (κ2) is 5.57. The van der Waals surface area contributed by atoms with Crippen molar-refractivity contribution in [1.82, 2.24) is 0 Å². The van der Waals surface area contributed by atoms with Crippen LogP contribution in [0.4, 0.5) is 5.69 Å². The highest BCUT2D eigenvalue weighted by Crippen LogP contribution is 2.26. The molecule has 2 aromatic carbocycles. The van der Waals surface area contributed by atoms with Gasteiger partial charge >= 0.3 is 0 Å². The van der Waals surface area contributed by atoms with E-state index in [1.807, 2.05) is 19.1 Å². The average Bonchev–Trinajstić information content (AvgIpc) is 2.39. The molecule has 0 spiro atoms. The molecule has 2 rings (SSSR count). The fourth-order valence-corrected chi connectivity index (χ4v) is 1.87. The quantitative estimate of drug-likeness (QED) is 0.848. The van der Waals surface area contributed by atoms with Crippen LogP contribution in [-0.4, -0.2) is 18.4 Å². The summed E-state index contributed by atoms with van der Waals surface area (Å²) >= 11 is 0. The third-order valence-electron chi connectivity index (χ3n) is 2.91. The van der Waals surface area contributed by atoms with Gasteiger partial charge in [-0.1, -0.05) is 17.7 Å². The van der Waals surface area contributed by atoms with E-state index in [1.54, 1.807) is 24.4 Å². The van der Waals surface area contributed by atoms with Crippen molar-refractivity contribution in [3.8, 4) is 11.5 Å². The number of phenolic OH excluding ortho intramolecular Hbond substituents is 1. The van der Waals surface area contributed by atoms with E-state index in [0.29, 0.717) is 5.75 Å².